The molecule has 0 unspecified atom stereocenters. The van der Waals surface area contributed by atoms with Crippen molar-refractivity contribution in [1.82, 2.24) is 5.32 Å². The van der Waals surface area contributed by atoms with Crippen LogP contribution in [-0.4, -0.2) is 30.9 Å². The zero-order chi connectivity index (χ0) is 19.1. The molecule has 0 spiro atoms. The monoisotopic (exact) mass is 375 g/mol. The normalized spacial score (nSPS) is 10.3. The number of ether oxygens (including phenoxy) is 2. The van der Waals surface area contributed by atoms with Crippen molar-refractivity contribution < 1.29 is 23.9 Å². The van der Waals surface area contributed by atoms with Gasteiger partial charge in [0.2, 0.25) is 11.7 Å². The molecule has 0 atom stereocenters. The lowest BCUT2D eigenvalue weighted by atomic mass is 10.1. The highest BCUT2D eigenvalue weighted by Gasteiger charge is 2.13. The minimum absolute atomic E-state index is 0.135. The van der Waals surface area contributed by atoms with Crippen LogP contribution in [0.2, 0.25) is 0 Å². The molecule has 1 aromatic carbocycles. The van der Waals surface area contributed by atoms with Crippen molar-refractivity contribution >= 4 is 29.0 Å². The van der Waals surface area contributed by atoms with Gasteiger partial charge in [-0.25, -0.2) is 4.79 Å². The van der Waals surface area contributed by atoms with Gasteiger partial charge in [0.15, 0.2) is 13.2 Å². The summed E-state index contributed by atoms with van der Waals surface area (Å²) in [4.78, 5) is 36.0. The number of carbonyl (C=O) groups is 3. The highest BCUT2D eigenvalue weighted by atomic mass is 32.1. The Labute approximate surface area is 156 Å². The van der Waals surface area contributed by atoms with E-state index < -0.39 is 5.97 Å². The van der Waals surface area contributed by atoms with Crippen LogP contribution in [0, 0.1) is 13.8 Å². The van der Waals surface area contributed by atoms with Gasteiger partial charge in [-0.2, -0.15) is 0 Å². The average molecular weight is 375 g/mol. The molecule has 0 fully saturated rings. The van der Waals surface area contributed by atoms with E-state index in [-0.39, 0.29) is 24.9 Å². The summed E-state index contributed by atoms with van der Waals surface area (Å²) < 4.78 is 10.3. The third kappa shape index (κ3) is 6.00. The van der Waals surface area contributed by atoms with Gasteiger partial charge in [-0.05, 0) is 49.2 Å². The smallest absolute Gasteiger partial charge is 0.344 e. The topological polar surface area (TPSA) is 81.7 Å². The molecule has 0 saturated heterocycles. The molecule has 2 rings (SSSR count). The molecule has 0 aliphatic carbocycles. The lowest BCUT2D eigenvalue weighted by Gasteiger charge is -2.08. The van der Waals surface area contributed by atoms with E-state index in [2.05, 4.69) is 5.32 Å². The Morgan fingerprint density at radius 3 is 2.50 bits per heavy atom. The molecular weight excluding hydrogens is 354 g/mol. The van der Waals surface area contributed by atoms with Gasteiger partial charge in [-0.1, -0.05) is 6.07 Å². The first-order valence-corrected chi connectivity index (χ1v) is 8.89. The maximum absolute atomic E-state index is 12.1. The predicted octanol–water partition coefficient (Wildman–Crippen LogP) is 2.81. The number of hydrogen-bond donors (Lipinski definition) is 1. The Balaban J connectivity index is 1.76. The van der Waals surface area contributed by atoms with Crippen molar-refractivity contribution in [3.05, 3.63) is 51.2 Å². The summed E-state index contributed by atoms with van der Waals surface area (Å²) in [5.74, 6) is -0.448. The van der Waals surface area contributed by atoms with E-state index in [1.54, 1.807) is 18.2 Å². The minimum Gasteiger partial charge on any atom is -0.482 e. The summed E-state index contributed by atoms with van der Waals surface area (Å²) >= 11 is 1.26. The third-order valence-corrected chi connectivity index (χ3v) is 4.77. The zero-order valence-electron chi connectivity index (χ0n) is 15.0. The molecule has 7 heteroatoms. The zero-order valence-corrected chi connectivity index (χ0v) is 15.8. The van der Waals surface area contributed by atoms with Gasteiger partial charge < -0.3 is 14.8 Å². The Morgan fingerprint density at radius 2 is 1.81 bits per heavy atom. The maximum atomic E-state index is 12.1. The number of hydrogen-bond acceptors (Lipinski definition) is 6. The van der Waals surface area contributed by atoms with Gasteiger partial charge in [0, 0.05) is 11.8 Å². The second kappa shape index (κ2) is 9.15. The van der Waals surface area contributed by atoms with Gasteiger partial charge in [0.05, 0.1) is 11.4 Å². The van der Waals surface area contributed by atoms with Crippen LogP contribution in [0.15, 0.2) is 30.3 Å². The van der Waals surface area contributed by atoms with E-state index in [9.17, 15) is 14.4 Å². The van der Waals surface area contributed by atoms with Gasteiger partial charge in [-0.15, -0.1) is 11.3 Å². The number of thiophene rings is 1. The largest absolute Gasteiger partial charge is 0.482 e. The molecule has 138 valence electrons. The molecule has 0 radical (unpaired) electrons. The van der Waals surface area contributed by atoms with Crippen LogP contribution in [-0.2, 0) is 20.9 Å². The fraction of sp³-hybridized carbons (Fsp3) is 0.316. The molecule has 0 aliphatic rings. The first kappa shape index (κ1) is 19.7. The van der Waals surface area contributed by atoms with Gasteiger partial charge in [-0.3, -0.25) is 9.59 Å². The molecule has 0 bridgehead atoms. The maximum Gasteiger partial charge on any atom is 0.344 e. The predicted molar refractivity (Wildman–Crippen MR) is 98.5 cm³/mol. The number of rotatable bonds is 8. The fourth-order valence-corrected chi connectivity index (χ4v) is 2.91. The molecule has 1 N–H and O–H groups in total. The van der Waals surface area contributed by atoms with Crippen LogP contribution < -0.4 is 10.1 Å². The van der Waals surface area contributed by atoms with Gasteiger partial charge in [0.25, 0.3) is 0 Å². The third-order valence-electron chi connectivity index (χ3n) is 3.65. The molecule has 0 saturated carbocycles. The first-order valence-electron chi connectivity index (χ1n) is 8.07. The number of nitrogens with one attached hydrogen (secondary N) is 1. The quantitative estimate of drug-likeness (QED) is 0.567. The summed E-state index contributed by atoms with van der Waals surface area (Å²) in [5, 5.41) is 2.66. The van der Waals surface area contributed by atoms with Crippen LogP contribution in [0.25, 0.3) is 0 Å². The van der Waals surface area contributed by atoms with Crippen molar-refractivity contribution in [2.24, 2.45) is 0 Å². The molecule has 0 aliphatic heterocycles. The Bertz CT molecular complexity index is 812. The molecule has 2 aromatic rings. The molecule has 1 heterocycles. The number of carbonyl (C=O) groups excluding carboxylic acids is 3. The summed E-state index contributed by atoms with van der Waals surface area (Å²) in [6.45, 7) is 5.16. The number of aryl methyl sites for hydroxylation is 2. The van der Waals surface area contributed by atoms with E-state index >= 15 is 0 Å². The van der Waals surface area contributed by atoms with Crippen molar-refractivity contribution in [3.8, 4) is 5.75 Å². The number of amides is 1. The molecule has 6 nitrogen and oxygen atoms in total. The second-order valence-electron chi connectivity index (χ2n) is 5.79. The summed E-state index contributed by atoms with van der Waals surface area (Å²) in [7, 11) is 0. The lowest BCUT2D eigenvalue weighted by molar-refractivity contribution is -0.144. The van der Waals surface area contributed by atoms with Crippen LogP contribution in [0.1, 0.15) is 32.6 Å². The standard InChI is InChI=1S/C19H21NO5S/c1-12-4-5-15(8-13(12)2)24-11-19(23)25-10-17(22)18-7-6-16(26-18)9-20-14(3)21/h4-8H,9-11H2,1-3H3,(H,20,21). The van der Waals surface area contributed by atoms with Crippen LogP contribution >= 0.6 is 11.3 Å². The SMILES string of the molecule is CC(=O)NCc1ccc(C(=O)COC(=O)COc2ccc(C)c(C)c2)s1. The summed E-state index contributed by atoms with van der Waals surface area (Å²) in [6, 6.07) is 8.95. The summed E-state index contributed by atoms with van der Waals surface area (Å²) in [5.41, 5.74) is 2.21. The van der Waals surface area contributed by atoms with Crippen molar-refractivity contribution in [2.75, 3.05) is 13.2 Å². The molecular formula is C19H21NO5S. The average Bonchev–Trinajstić information content (AvgIpc) is 3.08. The Hall–Kier alpha value is -2.67. The number of esters is 1. The highest BCUT2D eigenvalue weighted by molar-refractivity contribution is 7.14. The second-order valence-corrected chi connectivity index (χ2v) is 6.96. The fourth-order valence-electron chi connectivity index (χ4n) is 2.04. The van der Waals surface area contributed by atoms with E-state index in [1.165, 1.54) is 18.3 Å². The number of ketones is 1. The van der Waals surface area contributed by atoms with Crippen LogP contribution in [0.5, 0.6) is 5.75 Å². The summed E-state index contributed by atoms with van der Waals surface area (Å²) in [6.07, 6.45) is 0. The van der Waals surface area contributed by atoms with Crippen LogP contribution in [0.3, 0.4) is 0 Å². The minimum atomic E-state index is -0.605. The first-order chi connectivity index (χ1) is 12.3. The Kier molecular flexibility index (Phi) is 6.91. The molecule has 26 heavy (non-hydrogen) atoms. The molecule has 1 amide bonds. The van der Waals surface area contributed by atoms with E-state index in [4.69, 9.17) is 9.47 Å². The number of Topliss-reactive ketones (excluding diaryl/α,β-unsaturated/α-hetero) is 1. The van der Waals surface area contributed by atoms with Crippen molar-refractivity contribution in [1.29, 1.82) is 0 Å². The van der Waals surface area contributed by atoms with E-state index in [1.807, 2.05) is 26.0 Å². The Morgan fingerprint density at radius 1 is 1.04 bits per heavy atom. The molecule has 1 aromatic heterocycles. The van der Waals surface area contributed by atoms with Gasteiger partial charge in [0.1, 0.15) is 5.75 Å². The van der Waals surface area contributed by atoms with Crippen LogP contribution in [0.4, 0.5) is 0 Å². The number of benzene rings is 1. The van der Waals surface area contributed by atoms with Gasteiger partial charge >= 0.3 is 5.97 Å². The van der Waals surface area contributed by atoms with E-state index in [0.717, 1.165) is 16.0 Å². The van der Waals surface area contributed by atoms with Crippen molar-refractivity contribution in [3.63, 3.8) is 0 Å². The van der Waals surface area contributed by atoms with Crippen molar-refractivity contribution in [2.45, 2.75) is 27.3 Å². The lowest BCUT2D eigenvalue weighted by Crippen LogP contribution is -2.19. The van der Waals surface area contributed by atoms with E-state index in [0.29, 0.717) is 17.2 Å². The highest BCUT2D eigenvalue weighted by Crippen LogP contribution is 2.18.